The number of hydrogen-bond acceptors (Lipinski definition) is 3. The summed E-state index contributed by atoms with van der Waals surface area (Å²) in [6, 6.07) is 4.82. The van der Waals surface area contributed by atoms with E-state index in [1.54, 1.807) is 0 Å². The molecule has 1 fully saturated rings. The van der Waals surface area contributed by atoms with E-state index in [2.05, 4.69) is 22.0 Å². The van der Waals surface area contributed by atoms with Gasteiger partial charge in [0.15, 0.2) is 0 Å². The fraction of sp³-hybridized carbons (Fsp3) is 0.615. The van der Waals surface area contributed by atoms with Crippen LogP contribution in [0.1, 0.15) is 30.5 Å². The molecule has 0 unspecified atom stereocenters. The van der Waals surface area contributed by atoms with Crippen LogP contribution in [0.3, 0.4) is 0 Å². The summed E-state index contributed by atoms with van der Waals surface area (Å²) in [5.74, 6) is 0. The summed E-state index contributed by atoms with van der Waals surface area (Å²) in [6.07, 6.45) is 5.85. The summed E-state index contributed by atoms with van der Waals surface area (Å²) in [6.45, 7) is 4.97. The minimum atomic E-state index is 0.565. The van der Waals surface area contributed by atoms with Crippen molar-refractivity contribution in [3.05, 3.63) is 29.6 Å². The van der Waals surface area contributed by atoms with E-state index in [0.717, 1.165) is 18.8 Å². The van der Waals surface area contributed by atoms with Crippen LogP contribution >= 0.6 is 0 Å². The molecule has 0 amide bonds. The number of piperidine rings is 1. The zero-order chi connectivity index (χ0) is 11.4. The van der Waals surface area contributed by atoms with Gasteiger partial charge in [-0.15, -0.1) is 0 Å². The third-order valence-electron chi connectivity index (χ3n) is 3.38. The fourth-order valence-electron chi connectivity index (χ4n) is 2.36. The molecule has 0 bridgehead atoms. The third kappa shape index (κ3) is 2.80. The number of hydrogen-bond donors (Lipinski definition) is 1. The quantitative estimate of drug-likeness (QED) is 0.841. The zero-order valence-electron chi connectivity index (χ0n) is 10.0. The highest BCUT2D eigenvalue weighted by atomic mass is 15.2. The molecule has 2 rings (SSSR count). The van der Waals surface area contributed by atoms with E-state index in [1.165, 1.54) is 31.4 Å². The number of rotatable bonds is 3. The predicted molar refractivity (Wildman–Crippen MR) is 66.1 cm³/mol. The van der Waals surface area contributed by atoms with Crippen molar-refractivity contribution in [3.63, 3.8) is 0 Å². The molecule has 16 heavy (non-hydrogen) atoms. The van der Waals surface area contributed by atoms with Gasteiger partial charge in [0, 0.05) is 31.0 Å². The normalized spacial score (nSPS) is 22.2. The zero-order valence-corrected chi connectivity index (χ0v) is 10.0. The molecular weight excluding hydrogens is 198 g/mol. The number of pyridine rings is 1. The first kappa shape index (κ1) is 11.6. The van der Waals surface area contributed by atoms with Crippen LogP contribution in [-0.2, 0) is 6.54 Å². The molecule has 0 spiro atoms. The summed E-state index contributed by atoms with van der Waals surface area (Å²) in [7, 11) is 0. The molecule has 1 aromatic rings. The van der Waals surface area contributed by atoms with Crippen LogP contribution < -0.4 is 5.73 Å². The lowest BCUT2D eigenvalue weighted by molar-refractivity contribution is 0.144. The highest BCUT2D eigenvalue weighted by Gasteiger charge is 2.20. The van der Waals surface area contributed by atoms with E-state index in [-0.39, 0.29) is 0 Å². The Labute approximate surface area is 97.7 Å². The Bertz CT molecular complexity index is 320. The maximum Gasteiger partial charge on any atom is 0.0372 e. The minimum absolute atomic E-state index is 0.565. The van der Waals surface area contributed by atoms with Crippen LogP contribution in [0.5, 0.6) is 0 Å². The molecule has 0 aliphatic carbocycles. The Kier molecular flexibility index (Phi) is 3.91. The summed E-state index contributed by atoms with van der Waals surface area (Å²) in [4.78, 5) is 6.83. The number of nitrogens with zero attached hydrogens (tertiary/aromatic N) is 2. The second-order valence-electron chi connectivity index (χ2n) is 4.66. The van der Waals surface area contributed by atoms with Gasteiger partial charge in [-0.2, -0.15) is 0 Å². The minimum Gasteiger partial charge on any atom is -0.329 e. The second-order valence-corrected chi connectivity index (χ2v) is 4.66. The maximum absolute atomic E-state index is 5.81. The third-order valence-corrected chi connectivity index (χ3v) is 3.38. The fourth-order valence-corrected chi connectivity index (χ4v) is 2.36. The summed E-state index contributed by atoms with van der Waals surface area (Å²) in [5, 5.41) is 0. The van der Waals surface area contributed by atoms with Crippen molar-refractivity contribution in [3.8, 4) is 0 Å². The van der Waals surface area contributed by atoms with Gasteiger partial charge in [0.25, 0.3) is 0 Å². The van der Waals surface area contributed by atoms with Crippen LogP contribution in [0, 0.1) is 6.92 Å². The average Bonchev–Trinajstić information content (AvgIpc) is 2.33. The second kappa shape index (κ2) is 5.41. The SMILES string of the molecule is Cc1ccc(CN2CCCC[C@@H]2CN)cn1. The van der Waals surface area contributed by atoms with E-state index in [4.69, 9.17) is 5.73 Å². The van der Waals surface area contributed by atoms with Crippen molar-refractivity contribution in [1.29, 1.82) is 0 Å². The number of likely N-dealkylation sites (tertiary alicyclic amines) is 1. The number of aryl methyl sites for hydroxylation is 1. The van der Waals surface area contributed by atoms with Crippen LogP contribution in [-0.4, -0.2) is 29.0 Å². The van der Waals surface area contributed by atoms with Crippen molar-refractivity contribution < 1.29 is 0 Å². The molecule has 1 aromatic heterocycles. The molecule has 2 N–H and O–H groups in total. The number of aromatic nitrogens is 1. The molecule has 0 radical (unpaired) electrons. The molecule has 1 aliphatic rings. The lowest BCUT2D eigenvalue weighted by Gasteiger charge is -2.34. The first-order chi connectivity index (χ1) is 7.79. The van der Waals surface area contributed by atoms with Gasteiger partial charge in [-0.1, -0.05) is 12.5 Å². The first-order valence-electron chi connectivity index (χ1n) is 6.15. The van der Waals surface area contributed by atoms with Gasteiger partial charge < -0.3 is 5.73 Å². The predicted octanol–water partition coefficient (Wildman–Crippen LogP) is 1.70. The molecule has 3 nitrogen and oxygen atoms in total. The maximum atomic E-state index is 5.81. The molecule has 1 atom stereocenters. The molecule has 1 aliphatic heterocycles. The van der Waals surface area contributed by atoms with Crippen LogP contribution in [0.4, 0.5) is 0 Å². The monoisotopic (exact) mass is 219 g/mol. The summed E-state index contributed by atoms with van der Waals surface area (Å²) in [5.41, 5.74) is 8.19. The van der Waals surface area contributed by atoms with E-state index >= 15 is 0 Å². The molecule has 2 heterocycles. The molecule has 3 heteroatoms. The Morgan fingerprint density at radius 2 is 2.31 bits per heavy atom. The summed E-state index contributed by atoms with van der Waals surface area (Å²) >= 11 is 0. The Hall–Kier alpha value is -0.930. The van der Waals surface area contributed by atoms with E-state index in [0.29, 0.717) is 6.04 Å². The topological polar surface area (TPSA) is 42.1 Å². The van der Waals surface area contributed by atoms with Crippen molar-refractivity contribution in [1.82, 2.24) is 9.88 Å². The first-order valence-corrected chi connectivity index (χ1v) is 6.15. The van der Waals surface area contributed by atoms with Gasteiger partial charge in [-0.05, 0) is 37.9 Å². The molecule has 0 saturated carbocycles. The Morgan fingerprint density at radius 3 is 3.00 bits per heavy atom. The lowest BCUT2D eigenvalue weighted by atomic mass is 10.0. The molecule has 1 saturated heterocycles. The average molecular weight is 219 g/mol. The van der Waals surface area contributed by atoms with Crippen LogP contribution in [0.2, 0.25) is 0 Å². The highest BCUT2D eigenvalue weighted by molar-refractivity contribution is 5.13. The standard InChI is InChI=1S/C13H21N3/c1-11-5-6-12(9-15-11)10-16-7-3-2-4-13(16)8-14/h5-6,9,13H,2-4,7-8,10,14H2,1H3/t13-/m1/s1. The molecular formula is C13H21N3. The van der Waals surface area contributed by atoms with Gasteiger partial charge in [-0.3, -0.25) is 9.88 Å². The van der Waals surface area contributed by atoms with Crippen LogP contribution in [0.15, 0.2) is 18.3 Å². The van der Waals surface area contributed by atoms with Gasteiger partial charge in [0.05, 0.1) is 0 Å². The van der Waals surface area contributed by atoms with Gasteiger partial charge in [0.1, 0.15) is 0 Å². The highest BCUT2D eigenvalue weighted by Crippen LogP contribution is 2.18. The van der Waals surface area contributed by atoms with Gasteiger partial charge >= 0.3 is 0 Å². The van der Waals surface area contributed by atoms with Gasteiger partial charge in [0.2, 0.25) is 0 Å². The van der Waals surface area contributed by atoms with E-state index in [1.807, 2.05) is 13.1 Å². The number of nitrogens with two attached hydrogens (primary N) is 1. The Morgan fingerprint density at radius 1 is 1.44 bits per heavy atom. The van der Waals surface area contributed by atoms with Crippen molar-refractivity contribution in [2.75, 3.05) is 13.1 Å². The van der Waals surface area contributed by atoms with Gasteiger partial charge in [-0.25, -0.2) is 0 Å². The van der Waals surface area contributed by atoms with Crippen molar-refractivity contribution >= 4 is 0 Å². The van der Waals surface area contributed by atoms with Crippen molar-refractivity contribution in [2.24, 2.45) is 5.73 Å². The van der Waals surface area contributed by atoms with E-state index < -0.39 is 0 Å². The lowest BCUT2D eigenvalue weighted by Crippen LogP contribution is -2.43. The Balaban J connectivity index is 1.99. The molecule has 88 valence electrons. The summed E-state index contributed by atoms with van der Waals surface area (Å²) < 4.78 is 0. The smallest absolute Gasteiger partial charge is 0.0372 e. The van der Waals surface area contributed by atoms with Crippen molar-refractivity contribution in [2.45, 2.75) is 38.8 Å². The van der Waals surface area contributed by atoms with Crippen LogP contribution in [0.25, 0.3) is 0 Å². The molecule has 0 aromatic carbocycles. The van der Waals surface area contributed by atoms with E-state index in [9.17, 15) is 0 Å². The largest absolute Gasteiger partial charge is 0.329 e.